The van der Waals surface area contributed by atoms with Crippen LogP contribution in [-0.4, -0.2) is 12.5 Å². The smallest absolute Gasteiger partial charge is 0.222 e. The molecular weight excluding hydrogens is 286 g/mol. The van der Waals surface area contributed by atoms with Crippen molar-refractivity contribution in [2.24, 2.45) is 0 Å². The predicted molar refractivity (Wildman–Crippen MR) is 91.0 cm³/mol. The molecule has 0 spiro atoms. The summed E-state index contributed by atoms with van der Waals surface area (Å²) < 4.78 is 5.59. The van der Waals surface area contributed by atoms with Crippen LogP contribution in [0.25, 0.3) is 0 Å². The van der Waals surface area contributed by atoms with Crippen LogP contribution in [0.2, 0.25) is 0 Å². The van der Waals surface area contributed by atoms with Gasteiger partial charge in [0.1, 0.15) is 0 Å². The van der Waals surface area contributed by atoms with Gasteiger partial charge in [-0.3, -0.25) is 4.79 Å². The van der Waals surface area contributed by atoms with Gasteiger partial charge >= 0.3 is 0 Å². The highest BCUT2D eigenvalue weighted by atomic mass is 16.5. The number of carbonyl (C=O) groups is 1. The number of rotatable bonds is 6. The van der Waals surface area contributed by atoms with Crippen LogP contribution in [0.3, 0.4) is 0 Å². The summed E-state index contributed by atoms with van der Waals surface area (Å²) in [5.74, 6) is 0.0692. The summed E-state index contributed by atoms with van der Waals surface area (Å²) >= 11 is 0. The zero-order valence-electron chi connectivity index (χ0n) is 13.3. The number of hydrogen-bond acceptors (Lipinski definition) is 2. The van der Waals surface area contributed by atoms with Crippen molar-refractivity contribution in [2.75, 3.05) is 6.61 Å². The fraction of sp³-hybridized carbons (Fsp3) is 0.350. The van der Waals surface area contributed by atoms with E-state index in [0.29, 0.717) is 19.6 Å². The number of fused-ring (bicyclic) bond motifs is 1. The lowest BCUT2D eigenvalue weighted by atomic mass is 9.88. The molecule has 0 aromatic heterocycles. The van der Waals surface area contributed by atoms with Gasteiger partial charge in [0.2, 0.25) is 5.91 Å². The normalized spacial score (nSPS) is 16.6. The molecule has 3 nitrogen and oxygen atoms in total. The number of nitrogens with one attached hydrogen (secondary N) is 1. The molecule has 0 heterocycles. The summed E-state index contributed by atoms with van der Waals surface area (Å²) in [5, 5.41) is 3.15. The van der Waals surface area contributed by atoms with Crippen molar-refractivity contribution in [1.82, 2.24) is 5.32 Å². The molecule has 1 aliphatic rings. The molecule has 2 aromatic carbocycles. The molecule has 3 heteroatoms. The molecule has 0 fully saturated rings. The van der Waals surface area contributed by atoms with E-state index < -0.39 is 0 Å². The van der Waals surface area contributed by atoms with Crippen molar-refractivity contribution in [2.45, 2.75) is 38.3 Å². The Bertz CT molecular complexity index is 639. The summed E-state index contributed by atoms with van der Waals surface area (Å²) in [7, 11) is 0. The molecule has 1 N–H and O–H groups in total. The predicted octanol–water partition coefficient (Wildman–Crippen LogP) is 3.79. The van der Waals surface area contributed by atoms with Crippen LogP contribution in [0.1, 0.15) is 42.0 Å². The highest BCUT2D eigenvalue weighted by Crippen LogP contribution is 2.29. The first kappa shape index (κ1) is 15.8. The molecule has 23 heavy (non-hydrogen) atoms. The van der Waals surface area contributed by atoms with Crippen molar-refractivity contribution >= 4 is 5.91 Å². The topological polar surface area (TPSA) is 38.3 Å². The van der Waals surface area contributed by atoms with Gasteiger partial charge in [0.05, 0.1) is 19.3 Å². The largest absolute Gasteiger partial charge is 0.376 e. The van der Waals surface area contributed by atoms with E-state index in [9.17, 15) is 4.79 Å². The average molecular weight is 309 g/mol. The van der Waals surface area contributed by atoms with Crippen LogP contribution in [0, 0.1) is 0 Å². The fourth-order valence-electron chi connectivity index (χ4n) is 3.10. The molecule has 0 aliphatic heterocycles. The minimum absolute atomic E-state index is 0.0692. The second kappa shape index (κ2) is 7.93. The minimum atomic E-state index is 0.0692. The molecule has 2 aromatic rings. The third kappa shape index (κ3) is 4.42. The molecule has 1 atom stereocenters. The van der Waals surface area contributed by atoms with Crippen LogP contribution < -0.4 is 5.32 Å². The monoisotopic (exact) mass is 309 g/mol. The lowest BCUT2D eigenvalue weighted by molar-refractivity contribution is -0.123. The number of amides is 1. The van der Waals surface area contributed by atoms with Crippen molar-refractivity contribution in [3.8, 4) is 0 Å². The molecule has 1 aliphatic carbocycles. The Hall–Kier alpha value is -2.13. The molecule has 3 rings (SSSR count). The Labute approximate surface area is 137 Å². The highest BCUT2D eigenvalue weighted by molar-refractivity contribution is 5.76. The number of hydrogen-bond donors (Lipinski definition) is 1. The van der Waals surface area contributed by atoms with E-state index in [2.05, 4.69) is 23.5 Å². The van der Waals surface area contributed by atoms with Gasteiger partial charge in [0.15, 0.2) is 0 Å². The maximum atomic E-state index is 12.1. The number of benzene rings is 2. The molecule has 0 unspecified atom stereocenters. The average Bonchev–Trinajstić information content (AvgIpc) is 2.60. The highest BCUT2D eigenvalue weighted by Gasteiger charge is 2.20. The van der Waals surface area contributed by atoms with E-state index >= 15 is 0 Å². The van der Waals surface area contributed by atoms with E-state index in [-0.39, 0.29) is 11.9 Å². The summed E-state index contributed by atoms with van der Waals surface area (Å²) in [5.41, 5.74) is 3.77. The minimum Gasteiger partial charge on any atom is -0.376 e. The summed E-state index contributed by atoms with van der Waals surface area (Å²) in [6.07, 6.45) is 3.67. The van der Waals surface area contributed by atoms with E-state index in [1.165, 1.54) is 11.1 Å². The zero-order valence-corrected chi connectivity index (χ0v) is 13.3. The SMILES string of the molecule is O=C(CCOCc1ccccc1)N[C@@H]1CCCc2ccccc21. The van der Waals surface area contributed by atoms with E-state index in [1.54, 1.807) is 0 Å². The third-order valence-corrected chi connectivity index (χ3v) is 4.29. The third-order valence-electron chi connectivity index (χ3n) is 4.29. The molecular formula is C20H23NO2. The summed E-state index contributed by atoms with van der Waals surface area (Å²) in [4.78, 5) is 12.1. The molecule has 0 bridgehead atoms. The number of carbonyl (C=O) groups excluding carboxylic acids is 1. The maximum Gasteiger partial charge on any atom is 0.222 e. The maximum absolute atomic E-state index is 12.1. The summed E-state index contributed by atoms with van der Waals surface area (Å²) in [6, 6.07) is 18.6. The molecule has 120 valence electrons. The van der Waals surface area contributed by atoms with E-state index in [4.69, 9.17) is 4.74 Å². The molecule has 0 saturated heterocycles. The number of ether oxygens (including phenoxy) is 1. The molecule has 0 saturated carbocycles. The van der Waals surface area contributed by atoms with Gasteiger partial charge in [-0.2, -0.15) is 0 Å². The van der Waals surface area contributed by atoms with Crippen molar-refractivity contribution in [1.29, 1.82) is 0 Å². The second-order valence-electron chi connectivity index (χ2n) is 6.00. The zero-order chi connectivity index (χ0) is 15.9. The van der Waals surface area contributed by atoms with Crippen molar-refractivity contribution < 1.29 is 9.53 Å². The first-order chi connectivity index (χ1) is 11.3. The van der Waals surface area contributed by atoms with E-state index in [1.807, 2.05) is 36.4 Å². The van der Waals surface area contributed by atoms with Gasteiger partial charge in [-0.15, -0.1) is 0 Å². The lowest BCUT2D eigenvalue weighted by Gasteiger charge is -2.26. The Morgan fingerprint density at radius 1 is 1.09 bits per heavy atom. The van der Waals surface area contributed by atoms with Gasteiger partial charge in [-0.05, 0) is 36.0 Å². The Kier molecular flexibility index (Phi) is 5.43. The van der Waals surface area contributed by atoms with Gasteiger partial charge in [0, 0.05) is 6.42 Å². The van der Waals surface area contributed by atoms with Crippen LogP contribution >= 0.6 is 0 Å². The van der Waals surface area contributed by atoms with Crippen molar-refractivity contribution in [3.63, 3.8) is 0 Å². The van der Waals surface area contributed by atoms with Gasteiger partial charge in [0.25, 0.3) is 0 Å². The Morgan fingerprint density at radius 3 is 2.74 bits per heavy atom. The van der Waals surface area contributed by atoms with Gasteiger partial charge in [-0.25, -0.2) is 0 Å². The molecule has 1 amide bonds. The lowest BCUT2D eigenvalue weighted by Crippen LogP contribution is -2.31. The quantitative estimate of drug-likeness (QED) is 0.825. The summed E-state index contributed by atoms with van der Waals surface area (Å²) in [6.45, 7) is 1.01. The number of aryl methyl sites for hydroxylation is 1. The van der Waals surface area contributed by atoms with Gasteiger partial charge < -0.3 is 10.1 Å². The van der Waals surface area contributed by atoms with Crippen molar-refractivity contribution in [3.05, 3.63) is 71.3 Å². The first-order valence-corrected chi connectivity index (χ1v) is 8.32. The van der Waals surface area contributed by atoms with Gasteiger partial charge in [-0.1, -0.05) is 54.6 Å². The van der Waals surface area contributed by atoms with Crippen LogP contribution in [0.4, 0.5) is 0 Å². The first-order valence-electron chi connectivity index (χ1n) is 8.32. The van der Waals surface area contributed by atoms with E-state index in [0.717, 1.165) is 24.8 Å². The molecule has 0 radical (unpaired) electrons. The second-order valence-corrected chi connectivity index (χ2v) is 6.00. The van der Waals surface area contributed by atoms with Crippen LogP contribution in [-0.2, 0) is 22.6 Å². The standard InChI is InChI=1S/C20H23NO2/c22-20(13-14-23-15-16-7-2-1-3-8-16)21-19-12-6-10-17-9-4-5-11-18(17)19/h1-5,7-9,11,19H,6,10,12-15H2,(H,21,22)/t19-/m1/s1. The van der Waals surface area contributed by atoms with Crippen LogP contribution in [0.5, 0.6) is 0 Å². The Balaban J connectivity index is 1.43. The van der Waals surface area contributed by atoms with Crippen LogP contribution in [0.15, 0.2) is 54.6 Å². The fourth-order valence-corrected chi connectivity index (χ4v) is 3.10. The Morgan fingerprint density at radius 2 is 1.87 bits per heavy atom.